The van der Waals surface area contributed by atoms with E-state index in [1.165, 1.54) is 4.31 Å². The van der Waals surface area contributed by atoms with E-state index >= 15 is 0 Å². The van der Waals surface area contributed by atoms with Gasteiger partial charge in [0.25, 0.3) is 0 Å². The third-order valence-electron chi connectivity index (χ3n) is 3.68. The number of nitrogens with one attached hydrogen (secondary N) is 1. The summed E-state index contributed by atoms with van der Waals surface area (Å²) in [5, 5.41) is 2.72. The monoisotopic (exact) mass is 334 g/mol. The Bertz CT molecular complexity index is 690. The van der Waals surface area contributed by atoms with Crippen LogP contribution in [-0.4, -0.2) is 43.5 Å². The average molecular weight is 334 g/mol. The molecule has 2 rings (SSSR count). The van der Waals surface area contributed by atoms with Crippen molar-refractivity contribution in [1.29, 1.82) is 0 Å². The van der Waals surface area contributed by atoms with Crippen molar-refractivity contribution in [2.45, 2.75) is 32.2 Å². The molecule has 1 amide bonds. The van der Waals surface area contributed by atoms with Gasteiger partial charge in [-0.2, -0.15) is 4.31 Å². The summed E-state index contributed by atoms with van der Waals surface area (Å²) >= 11 is 0. The first kappa shape index (κ1) is 17.5. The van der Waals surface area contributed by atoms with Gasteiger partial charge in [-0.25, -0.2) is 8.42 Å². The number of hydrogen-bond donors (Lipinski definition) is 1. The predicted octanol–water partition coefficient (Wildman–Crippen LogP) is 1.36. The molecule has 1 saturated heterocycles. The lowest BCUT2D eigenvalue weighted by Gasteiger charge is -2.22. The van der Waals surface area contributed by atoms with E-state index in [9.17, 15) is 13.2 Å². The summed E-state index contributed by atoms with van der Waals surface area (Å²) in [6, 6.07) is 8.91. The molecule has 0 radical (unpaired) electrons. The Hall–Kier alpha value is -1.84. The molecule has 1 unspecified atom stereocenters. The van der Waals surface area contributed by atoms with Gasteiger partial charge in [-0.3, -0.25) is 4.79 Å². The van der Waals surface area contributed by atoms with Crippen LogP contribution < -0.4 is 5.32 Å². The van der Waals surface area contributed by atoms with Crippen molar-refractivity contribution in [2.24, 2.45) is 0 Å². The summed E-state index contributed by atoms with van der Waals surface area (Å²) in [5.41, 5.74) is 0.884. The fraction of sp³-hybridized carbons (Fsp3) is 0.471. The molecule has 1 heterocycles. The quantitative estimate of drug-likeness (QED) is 0.827. The van der Waals surface area contributed by atoms with E-state index in [1.54, 1.807) is 0 Å². The molecule has 0 bridgehead atoms. The minimum Gasteiger partial charge on any atom is -0.344 e. The highest BCUT2D eigenvalue weighted by Crippen LogP contribution is 2.21. The fourth-order valence-corrected chi connectivity index (χ4v) is 4.37. The lowest BCUT2D eigenvalue weighted by Crippen LogP contribution is -2.46. The topological polar surface area (TPSA) is 66.5 Å². The molecule has 0 aliphatic carbocycles. The molecular weight excluding hydrogens is 312 g/mol. The van der Waals surface area contributed by atoms with E-state index in [4.69, 9.17) is 0 Å². The molecule has 1 aromatic carbocycles. The zero-order valence-electron chi connectivity index (χ0n) is 13.3. The number of amides is 1. The summed E-state index contributed by atoms with van der Waals surface area (Å²) in [6.45, 7) is 2.46. The molecule has 6 heteroatoms. The maximum atomic E-state index is 12.2. The van der Waals surface area contributed by atoms with Gasteiger partial charge >= 0.3 is 0 Å². The van der Waals surface area contributed by atoms with Crippen molar-refractivity contribution in [3.8, 4) is 11.8 Å². The zero-order chi connectivity index (χ0) is 16.7. The summed E-state index contributed by atoms with van der Waals surface area (Å²) in [6.07, 6.45) is 1.84. The maximum absolute atomic E-state index is 12.2. The third kappa shape index (κ3) is 4.81. The summed E-state index contributed by atoms with van der Waals surface area (Å²) in [5.74, 6) is 5.67. The van der Waals surface area contributed by atoms with Gasteiger partial charge in [0.05, 0.1) is 12.3 Å². The number of sulfonamides is 1. The van der Waals surface area contributed by atoms with E-state index in [-0.39, 0.29) is 18.2 Å². The molecule has 0 spiro atoms. The van der Waals surface area contributed by atoms with Gasteiger partial charge in [0.15, 0.2) is 0 Å². The smallest absolute Gasteiger partial charge is 0.239 e. The number of hydrogen-bond acceptors (Lipinski definition) is 3. The average Bonchev–Trinajstić information content (AvgIpc) is 3.03. The van der Waals surface area contributed by atoms with Gasteiger partial charge in [-0.05, 0) is 31.4 Å². The predicted molar refractivity (Wildman–Crippen MR) is 90.1 cm³/mol. The van der Waals surface area contributed by atoms with E-state index in [1.807, 2.05) is 37.3 Å². The molecule has 23 heavy (non-hydrogen) atoms. The van der Waals surface area contributed by atoms with Crippen LogP contribution in [0.5, 0.6) is 0 Å². The lowest BCUT2D eigenvalue weighted by molar-refractivity contribution is -0.123. The van der Waals surface area contributed by atoms with Crippen LogP contribution in [-0.2, 0) is 14.8 Å². The van der Waals surface area contributed by atoms with E-state index in [0.29, 0.717) is 19.4 Å². The first-order valence-corrected chi connectivity index (χ1v) is 9.46. The van der Waals surface area contributed by atoms with Crippen molar-refractivity contribution >= 4 is 15.9 Å². The molecule has 1 fully saturated rings. The number of rotatable bonds is 5. The molecule has 0 aromatic heterocycles. The zero-order valence-corrected chi connectivity index (χ0v) is 14.1. The number of nitrogens with zero attached hydrogens (tertiary/aromatic N) is 1. The molecule has 5 nitrogen and oxygen atoms in total. The Morgan fingerprint density at radius 1 is 1.35 bits per heavy atom. The van der Waals surface area contributed by atoms with Gasteiger partial charge < -0.3 is 5.32 Å². The largest absolute Gasteiger partial charge is 0.344 e. The number of benzene rings is 1. The SMILES string of the molecule is CCCS(=O)(=O)N1CCCC1C(=O)NCC#Cc1ccccc1. The minimum absolute atomic E-state index is 0.0879. The Morgan fingerprint density at radius 2 is 2.09 bits per heavy atom. The third-order valence-corrected chi connectivity index (χ3v) is 5.76. The molecular formula is C17H22N2O3S. The van der Waals surface area contributed by atoms with Crippen LogP contribution in [0.1, 0.15) is 31.7 Å². The summed E-state index contributed by atoms with van der Waals surface area (Å²) in [7, 11) is -3.34. The Morgan fingerprint density at radius 3 is 2.78 bits per heavy atom. The normalized spacial score (nSPS) is 18.2. The second kappa shape index (κ2) is 8.14. The molecule has 1 aromatic rings. The highest BCUT2D eigenvalue weighted by molar-refractivity contribution is 7.89. The van der Waals surface area contributed by atoms with Gasteiger partial charge in [-0.15, -0.1) is 0 Å². The van der Waals surface area contributed by atoms with E-state index in [2.05, 4.69) is 17.2 Å². The number of carbonyl (C=O) groups is 1. The van der Waals surface area contributed by atoms with Crippen molar-refractivity contribution < 1.29 is 13.2 Å². The van der Waals surface area contributed by atoms with Crippen LogP contribution in [0.15, 0.2) is 30.3 Å². The first-order valence-electron chi connectivity index (χ1n) is 7.85. The van der Waals surface area contributed by atoms with Crippen molar-refractivity contribution in [1.82, 2.24) is 9.62 Å². The summed E-state index contributed by atoms with van der Waals surface area (Å²) < 4.78 is 25.7. The van der Waals surface area contributed by atoms with E-state index < -0.39 is 16.1 Å². The van der Waals surface area contributed by atoms with Crippen LogP contribution >= 0.6 is 0 Å². The Balaban J connectivity index is 1.91. The van der Waals surface area contributed by atoms with Crippen molar-refractivity contribution in [3.63, 3.8) is 0 Å². The van der Waals surface area contributed by atoms with Gasteiger partial charge in [0, 0.05) is 12.1 Å². The Kier molecular flexibility index (Phi) is 6.20. The molecule has 1 aliphatic heterocycles. The molecule has 124 valence electrons. The van der Waals surface area contributed by atoms with Crippen LogP contribution in [0.4, 0.5) is 0 Å². The minimum atomic E-state index is -3.34. The maximum Gasteiger partial charge on any atom is 0.239 e. The Labute approximate surface area is 138 Å². The molecule has 0 saturated carbocycles. The van der Waals surface area contributed by atoms with Gasteiger partial charge in [0.2, 0.25) is 15.9 Å². The van der Waals surface area contributed by atoms with Crippen molar-refractivity contribution in [3.05, 3.63) is 35.9 Å². The van der Waals surface area contributed by atoms with Gasteiger partial charge in [-0.1, -0.05) is 37.0 Å². The molecule has 1 aliphatic rings. The number of carbonyl (C=O) groups excluding carboxylic acids is 1. The van der Waals surface area contributed by atoms with Crippen LogP contribution in [0.3, 0.4) is 0 Å². The standard InChI is InChI=1S/C17H22N2O3S/c1-2-14-23(21,22)19-13-7-11-16(19)17(20)18-12-6-10-15-8-4-3-5-9-15/h3-5,8-9,16H,2,7,11-14H2,1H3,(H,18,20). The fourth-order valence-electron chi connectivity index (χ4n) is 2.63. The second-order valence-electron chi connectivity index (χ2n) is 5.47. The van der Waals surface area contributed by atoms with Crippen LogP contribution in [0, 0.1) is 11.8 Å². The molecule has 1 atom stereocenters. The first-order chi connectivity index (χ1) is 11.0. The lowest BCUT2D eigenvalue weighted by atomic mass is 10.2. The highest BCUT2D eigenvalue weighted by atomic mass is 32.2. The molecule has 1 N–H and O–H groups in total. The highest BCUT2D eigenvalue weighted by Gasteiger charge is 2.37. The van der Waals surface area contributed by atoms with E-state index in [0.717, 1.165) is 12.0 Å². The second-order valence-corrected chi connectivity index (χ2v) is 7.51. The van der Waals surface area contributed by atoms with Crippen LogP contribution in [0.2, 0.25) is 0 Å². The van der Waals surface area contributed by atoms with Gasteiger partial charge in [0.1, 0.15) is 6.04 Å². The van der Waals surface area contributed by atoms with Crippen molar-refractivity contribution in [2.75, 3.05) is 18.8 Å². The summed E-state index contributed by atoms with van der Waals surface area (Å²) in [4.78, 5) is 12.2. The van der Waals surface area contributed by atoms with Crippen LogP contribution in [0.25, 0.3) is 0 Å².